The third kappa shape index (κ3) is 4.14. The van der Waals surface area contributed by atoms with E-state index in [9.17, 15) is 19.5 Å². The molecule has 4 N–H and O–H groups in total. The highest BCUT2D eigenvalue weighted by atomic mass is 32.2. The van der Waals surface area contributed by atoms with E-state index in [4.69, 9.17) is 10.6 Å². The van der Waals surface area contributed by atoms with Crippen LogP contribution < -0.4 is 15.6 Å². The van der Waals surface area contributed by atoms with Crippen molar-refractivity contribution >= 4 is 51.7 Å². The van der Waals surface area contributed by atoms with Gasteiger partial charge in [0.1, 0.15) is 29.9 Å². The van der Waals surface area contributed by atoms with Crippen molar-refractivity contribution in [2.24, 2.45) is 5.16 Å². The van der Waals surface area contributed by atoms with Gasteiger partial charge in [-0.15, -0.1) is 23.1 Å². The number of nitrogens with two attached hydrogens (primary N) is 1. The summed E-state index contributed by atoms with van der Waals surface area (Å²) in [5.74, 6) is -1.86. The summed E-state index contributed by atoms with van der Waals surface area (Å²) < 4.78 is 2.08. The molecule has 0 unspecified atom stereocenters. The predicted octanol–water partition coefficient (Wildman–Crippen LogP) is 0.291. The Bertz CT molecular complexity index is 1290. The molecule has 11 nitrogen and oxygen atoms in total. The van der Waals surface area contributed by atoms with Crippen LogP contribution in [0.15, 0.2) is 40.1 Å². The summed E-state index contributed by atoms with van der Waals surface area (Å²) in [4.78, 5) is 48.2. The Morgan fingerprint density at radius 3 is 2.97 bits per heavy atom. The van der Waals surface area contributed by atoms with Crippen LogP contribution in [0, 0.1) is 0 Å². The number of hydrogen-bond donors (Lipinski definition) is 3. The maximum atomic E-state index is 13.0. The first kappa shape index (κ1) is 23.3. The monoisotopic (exact) mass is 515 g/mol. The number of amides is 2. The molecule has 0 radical (unpaired) electrons. The van der Waals surface area contributed by atoms with Crippen molar-refractivity contribution in [1.82, 2.24) is 15.2 Å². The highest BCUT2D eigenvalue weighted by Gasteiger charge is 2.55. The summed E-state index contributed by atoms with van der Waals surface area (Å²) in [5, 5.41) is 17.7. The van der Waals surface area contributed by atoms with Gasteiger partial charge in [-0.3, -0.25) is 14.5 Å². The van der Waals surface area contributed by atoms with E-state index in [1.165, 1.54) is 35.0 Å². The fourth-order valence-corrected chi connectivity index (χ4v) is 6.56. The van der Waals surface area contributed by atoms with Crippen molar-refractivity contribution in [2.45, 2.75) is 37.2 Å². The summed E-state index contributed by atoms with van der Waals surface area (Å²) in [5.41, 5.74) is 8.92. The molecule has 5 rings (SSSR count). The predicted molar refractivity (Wildman–Crippen MR) is 128 cm³/mol. The van der Waals surface area contributed by atoms with Crippen molar-refractivity contribution in [1.29, 1.82) is 0 Å². The summed E-state index contributed by atoms with van der Waals surface area (Å²) in [7, 11) is 1.29. The van der Waals surface area contributed by atoms with Gasteiger partial charge in [0.05, 0.1) is 0 Å². The first-order chi connectivity index (χ1) is 16.9. The SMILES string of the molecule is CO/N=C(/C(=O)N[C@@H]1C(=O)N2C(C(=O)O)=C(C[n+]3cccc4c3CCC4)CS[C@@H]12)c1csc(N)n1. The molecule has 0 saturated carbocycles. The molecule has 1 fully saturated rings. The molecule has 182 valence electrons. The number of carboxylic acids is 1. The first-order valence-corrected chi connectivity index (χ1v) is 12.9. The van der Waals surface area contributed by atoms with Crippen molar-refractivity contribution < 1.29 is 28.9 Å². The topological polar surface area (TPSA) is 151 Å². The van der Waals surface area contributed by atoms with Crippen molar-refractivity contribution in [3.8, 4) is 0 Å². The van der Waals surface area contributed by atoms with Crippen LogP contribution in [0.25, 0.3) is 0 Å². The lowest BCUT2D eigenvalue weighted by molar-refractivity contribution is -0.696. The molecule has 13 heteroatoms. The molecule has 2 amide bonds. The fourth-order valence-electron chi connectivity index (χ4n) is 4.67. The Hall–Kier alpha value is -3.45. The lowest BCUT2D eigenvalue weighted by Crippen LogP contribution is -2.71. The molecule has 2 atom stereocenters. The largest absolute Gasteiger partial charge is 0.477 e. The Morgan fingerprint density at radius 2 is 2.26 bits per heavy atom. The number of thioether (sulfide) groups is 1. The average molecular weight is 516 g/mol. The summed E-state index contributed by atoms with van der Waals surface area (Å²) >= 11 is 2.57. The Balaban J connectivity index is 1.36. The smallest absolute Gasteiger partial charge is 0.352 e. The van der Waals surface area contributed by atoms with E-state index in [0.29, 0.717) is 17.9 Å². The minimum absolute atomic E-state index is 0.00888. The number of carbonyl (C=O) groups excluding carboxylic acids is 2. The minimum atomic E-state index is -1.16. The highest BCUT2D eigenvalue weighted by Crippen LogP contribution is 2.40. The van der Waals surface area contributed by atoms with Crippen molar-refractivity contribution in [3.63, 3.8) is 0 Å². The second-order valence-corrected chi connectivity index (χ2v) is 10.3. The molecular weight excluding hydrogens is 492 g/mol. The number of aryl methyl sites for hydroxylation is 1. The number of hydrogen-bond acceptors (Lipinski definition) is 9. The van der Waals surface area contributed by atoms with Crippen LogP contribution in [-0.2, 0) is 38.6 Å². The van der Waals surface area contributed by atoms with E-state index in [1.807, 2.05) is 12.3 Å². The van der Waals surface area contributed by atoms with Gasteiger partial charge in [0.15, 0.2) is 29.3 Å². The molecule has 2 aromatic rings. The van der Waals surface area contributed by atoms with E-state index in [1.54, 1.807) is 5.38 Å². The maximum Gasteiger partial charge on any atom is 0.352 e. The zero-order valence-corrected chi connectivity index (χ0v) is 20.4. The zero-order chi connectivity index (χ0) is 24.7. The molecule has 35 heavy (non-hydrogen) atoms. The number of nitrogens with zero attached hydrogens (tertiary/aromatic N) is 4. The van der Waals surface area contributed by atoms with Crippen molar-refractivity contribution in [2.75, 3.05) is 18.6 Å². The molecule has 0 bridgehead atoms. The van der Waals surface area contributed by atoms with Crippen LogP contribution in [0.5, 0.6) is 0 Å². The van der Waals surface area contributed by atoms with E-state index < -0.39 is 29.2 Å². The second kappa shape index (κ2) is 9.30. The number of aliphatic carboxylic acids is 1. The zero-order valence-electron chi connectivity index (χ0n) is 18.8. The van der Waals surface area contributed by atoms with Gasteiger partial charge >= 0.3 is 5.97 Å². The lowest BCUT2D eigenvalue weighted by Gasteiger charge is -2.49. The number of β-lactam (4-membered cyclic amide) rings is 1. The Labute approximate surface area is 208 Å². The van der Waals surface area contributed by atoms with E-state index in [0.717, 1.165) is 30.6 Å². The van der Waals surface area contributed by atoms with Gasteiger partial charge in [-0.25, -0.2) is 9.78 Å². The van der Waals surface area contributed by atoms with Crippen LogP contribution >= 0.6 is 23.1 Å². The summed E-state index contributed by atoms with van der Waals surface area (Å²) in [6.45, 7) is 0.404. The maximum absolute atomic E-state index is 13.0. The number of nitrogens with one attached hydrogen (secondary N) is 1. The quantitative estimate of drug-likeness (QED) is 0.206. The average Bonchev–Trinajstić information content (AvgIpc) is 3.49. The molecule has 2 aromatic heterocycles. The molecule has 4 heterocycles. The van der Waals surface area contributed by atoms with Crippen LogP contribution in [0.3, 0.4) is 0 Å². The van der Waals surface area contributed by atoms with Gasteiger partial charge in [-0.1, -0.05) is 5.16 Å². The number of oxime groups is 1. The third-order valence-corrected chi connectivity index (χ3v) is 8.21. The molecule has 2 aliphatic heterocycles. The summed E-state index contributed by atoms with van der Waals surface area (Å²) in [6.07, 6.45) is 5.01. The molecular formula is C22H23N6O5S2+. The Morgan fingerprint density at radius 1 is 1.43 bits per heavy atom. The number of pyridine rings is 1. The number of rotatable bonds is 7. The standard InChI is InChI=1S/C22H22N6O5S2/c1-33-26-15(13-10-35-22(23)24-13)18(29)25-16-19(30)28-17(21(31)32)12(9-34-20(16)28)8-27-7-3-5-11-4-2-6-14(11)27/h3,5,7,10,16,20H,2,4,6,8-9H2,1H3,(H3-,23,24,25,29,31,32)/p+1/b26-15+/t16-,20+/m1/s1. The van der Waals surface area contributed by atoms with Gasteiger partial charge in [0.25, 0.3) is 11.8 Å². The van der Waals surface area contributed by atoms with Crippen LogP contribution in [0.1, 0.15) is 23.4 Å². The number of carbonyl (C=O) groups is 3. The first-order valence-electron chi connectivity index (χ1n) is 10.9. The molecule has 0 aromatic carbocycles. The number of thiazole rings is 1. The second-order valence-electron chi connectivity index (χ2n) is 8.27. The van der Waals surface area contributed by atoms with Crippen molar-refractivity contribution in [3.05, 3.63) is 51.9 Å². The number of anilines is 1. The highest BCUT2D eigenvalue weighted by molar-refractivity contribution is 8.00. The number of nitrogen functional groups attached to an aromatic ring is 1. The van der Waals surface area contributed by atoms with Crippen LogP contribution in [0.4, 0.5) is 5.13 Å². The number of fused-ring (bicyclic) bond motifs is 2. The normalized spacial score (nSPS) is 21.3. The summed E-state index contributed by atoms with van der Waals surface area (Å²) in [6, 6.07) is 3.18. The lowest BCUT2D eigenvalue weighted by atomic mass is 10.0. The van der Waals surface area contributed by atoms with Crippen LogP contribution in [-0.4, -0.2) is 62.8 Å². The van der Waals surface area contributed by atoms with E-state index >= 15 is 0 Å². The molecule has 1 aliphatic carbocycles. The molecule has 1 saturated heterocycles. The van der Waals surface area contributed by atoms with Gasteiger partial charge in [-0.05, 0) is 18.9 Å². The minimum Gasteiger partial charge on any atom is -0.477 e. The van der Waals surface area contributed by atoms with Crippen LogP contribution in [0.2, 0.25) is 0 Å². The van der Waals surface area contributed by atoms with Gasteiger partial charge in [-0.2, -0.15) is 4.57 Å². The molecule has 0 spiro atoms. The van der Waals surface area contributed by atoms with E-state index in [-0.39, 0.29) is 22.2 Å². The third-order valence-electron chi connectivity index (χ3n) is 6.20. The fraction of sp³-hybridized carbons (Fsp3) is 0.364. The van der Waals surface area contributed by atoms with E-state index in [2.05, 4.69) is 26.1 Å². The Kier molecular flexibility index (Phi) is 6.19. The molecule has 3 aliphatic rings. The van der Waals surface area contributed by atoms with Gasteiger partial charge in [0, 0.05) is 34.8 Å². The number of carboxylic acid groups (broad SMARTS) is 1. The number of aromatic nitrogens is 2. The van der Waals surface area contributed by atoms with Gasteiger partial charge in [0.2, 0.25) is 0 Å². The van der Waals surface area contributed by atoms with Gasteiger partial charge < -0.3 is 21.0 Å².